The van der Waals surface area contributed by atoms with Gasteiger partial charge < -0.3 is 9.64 Å². The summed E-state index contributed by atoms with van der Waals surface area (Å²) in [6.07, 6.45) is 3.57. The van der Waals surface area contributed by atoms with Crippen molar-refractivity contribution in [1.82, 2.24) is 9.21 Å². The highest BCUT2D eigenvalue weighted by molar-refractivity contribution is 7.89. The van der Waals surface area contributed by atoms with E-state index in [1.165, 1.54) is 0 Å². The number of carbonyl (C=O) groups is 1. The predicted octanol–water partition coefficient (Wildman–Crippen LogP) is 4.04. The highest BCUT2D eigenvalue weighted by atomic mass is 32.2. The summed E-state index contributed by atoms with van der Waals surface area (Å²) in [6.45, 7) is 15.3. The molecule has 1 saturated heterocycles. The third-order valence-corrected chi connectivity index (χ3v) is 7.21. The molecule has 1 fully saturated rings. The van der Waals surface area contributed by atoms with Gasteiger partial charge in [-0.2, -0.15) is 4.31 Å². The Kier molecular flexibility index (Phi) is 9.72. The van der Waals surface area contributed by atoms with E-state index in [1.807, 2.05) is 32.6 Å². The largest absolute Gasteiger partial charge is 0.377 e. The SMILES string of the molecule is C=CCOCC1CCN(C(=O)c2ccc(S(=O)(=O)N(CC(C)C)CC(C)C)cc2)CC1. The minimum atomic E-state index is -3.59. The molecule has 0 saturated carbocycles. The van der Waals surface area contributed by atoms with Crippen molar-refractivity contribution in [2.24, 2.45) is 17.8 Å². The minimum absolute atomic E-state index is 0.0457. The summed E-state index contributed by atoms with van der Waals surface area (Å²) in [5, 5.41) is 0. The second kappa shape index (κ2) is 11.8. The van der Waals surface area contributed by atoms with E-state index in [9.17, 15) is 13.2 Å². The number of hydrogen-bond donors (Lipinski definition) is 0. The number of ether oxygens (including phenoxy) is 1. The van der Waals surface area contributed by atoms with E-state index in [2.05, 4.69) is 6.58 Å². The first-order chi connectivity index (χ1) is 14.6. The van der Waals surface area contributed by atoms with Crippen molar-refractivity contribution in [2.45, 2.75) is 45.4 Å². The van der Waals surface area contributed by atoms with Crippen molar-refractivity contribution in [3.8, 4) is 0 Å². The first kappa shape index (κ1) is 25.6. The molecule has 0 unspecified atom stereocenters. The van der Waals surface area contributed by atoms with Gasteiger partial charge in [0.25, 0.3) is 5.91 Å². The van der Waals surface area contributed by atoms with Gasteiger partial charge in [0.2, 0.25) is 10.0 Å². The van der Waals surface area contributed by atoms with E-state index in [-0.39, 0.29) is 22.6 Å². The first-order valence-electron chi connectivity index (χ1n) is 11.2. The number of carbonyl (C=O) groups excluding carboxylic acids is 1. The molecule has 0 aliphatic carbocycles. The summed E-state index contributed by atoms with van der Waals surface area (Å²) in [6, 6.07) is 6.40. The summed E-state index contributed by atoms with van der Waals surface area (Å²) in [4.78, 5) is 15.0. The van der Waals surface area contributed by atoms with Crippen molar-refractivity contribution in [3.05, 3.63) is 42.5 Å². The van der Waals surface area contributed by atoms with Gasteiger partial charge in [0.05, 0.1) is 11.5 Å². The Labute approximate surface area is 188 Å². The lowest BCUT2D eigenvalue weighted by atomic mass is 9.97. The van der Waals surface area contributed by atoms with Gasteiger partial charge in [0.1, 0.15) is 0 Å². The van der Waals surface area contributed by atoms with Gasteiger partial charge in [-0.15, -0.1) is 6.58 Å². The van der Waals surface area contributed by atoms with Crippen LogP contribution in [0.3, 0.4) is 0 Å². The average Bonchev–Trinajstić information content (AvgIpc) is 2.73. The quantitative estimate of drug-likeness (QED) is 0.377. The number of benzene rings is 1. The number of piperidine rings is 1. The van der Waals surface area contributed by atoms with Crippen LogP contribution in [0.25, 0.3) is 0 Å². The third kappa shape index (κ3) is 7.44. The lowest BCUT2D eigenvalue weighted by molar-refractivity contribution is 0.0575. The molecule has 0 atom stereocenters. The van der Waals surface area contributed by atoms with E-state index in [0.717, 1.165) is 12.8 Å². The molecular formula is C24H38N2O4S. The monoisotopic (exact) mass is 450 g/mol. The Bertz CT molecular complexity index is 800. The number of amides is 1. The Morgan fingerprint density at radius 3 is 2.16 bits per heavy atom. The topological polar surface area (TPSA) is 66.9 Å². The third-order valence-electron chi connectivity index (χ3n) is 5.37. The van der Waals surface area contributed by atoms with Crippen molar-refractivity contribution in [3.63, 3.8) is 0 Å². The Morgan fingerprint density at radius 1 is 1.13 bits per heavy atom. The Morgan fingerprint density at radius 2 is 1.68 bits per heavy atom. The summed E-state index contributed by atoms with van der Waals surface area (Å²) in [5.74, 6) is 0.888. The number of sulfonamides is 1. The second-order valence-electron chi connectivity index (χ2n) is 9.20. The fraction of sp³-hybridized carbons (Fsp3) is 0.625. The molecule has 1 aromatic carbocycles. The smallest absolute Gasteiger partial charge is 0.253 e. The molecular weight excluding hydrogens is 412 g/mol. The minimum Gasteiger partial charge on any atom is -0.377 e. The zero-order chi connectivity index (χ0) is 23.0. The van der Waals surface area contributed by atoms with E-state index in [1.54, 1.807) is 34.6 Å². The fourth-order valence-electron chi connectivity index (χ4n) is 3.81. The average molecular weight is 451 g/mol. The second-order valence-corrected chi connectivity index (χ2v) is 11.1. The molecule has 0 aromatic heterocycles. The van der Waals surface area contributed by atoms with Crippen LogP contribution >= 0.6 is 0 Å². The van der Waals surface area contributed by atoms with Crippen molar-refractivity contribution in [1.29, 1.82) is 0 Å². The van der Waals surface area contributed by atoms with Gasteiger partial charge in [-0.25, -0.2) is 8.42 Å². The van der Waals surface area contributed by atoms with Crippen molar-refractivity contribution < 1.29 is 17.9 Å². The van der Waals surface area contributed by atoms with E-state index >= 15 is 0 Å². The molecule has 7 heteroatoms. The maximum atomic E-state index is 13.1. The number of rotatable bonds is 11. The summed E-state index contributed by atoms with van der Waals surface area (Å²) in [5.41, 5.74) is 0.527. The zero-order valence-electron chi connectivity index (χ0n) is 19.4. The van der Waals surface area contributed by atoms with Gasteiger partial charge in [0.15, 0.2) is 0 Å². The Hall–Kier alpha value is -1.70. The van der Waals surface area contributed by atoms with Crippen LogP contribution < -0.4 is 0 Å². The molecule has 1 aromatic rings. The zero-order valence-corrected chi connectivity index (χ0v) is 20.2. The molecule has 1 aliphatic rings. The molecule has 174 valence electrons. The lowest BCUT2D eigenvalue weighted by Gasteiger charge is -2.32. The normalized spacial score (nSPS) is 15.8. The summed E-state index contributed by atoms with van der Waals surface area (Å²) < 4.78 is 33.4. The van der Waals surface area contributed by atoms with Crippen LogP contribution in [-0.2, 0) is 14.8 Å². The van der Waals surface area contributed by atoms with Gasteiger partial charge >= 0.3 is 0 Å². The fourth-order valence-corrected chi connectivity index (χ4v) is 5.57. The summed E-state index contributed by atoms with van der Waals surface area (Å²) >= 11 is 0. The van der Waals surface area contributed by atoms with Gasteiger partial charge in [0, 0.05) is 38.3 Å². The van der Waals surface area contributed by atoms with Gasteiger partial charge in [-0.1, -0.05) is 33.8 Å². The first-order valence-corrected chi connectivity index (χ1v) is 12.7. The van der Waals surface area contributed by atoms with Crippen LogP contribution in [0.4, 0.5) is 0 Å². The van der Waals surface area contributed by atoms with Crippen LogP contribution in [0.1, 0.15) is 50.9 Å². The molecule has 1 aliphatic heterocycles. The highest BCUT2D eigenvalue weighted by Crippen LogP contribution is 2.22. The van der Waals surface area contributed by atoms with Gasteiger partial charge in [-0.3, -0.25) is 4.79 Å². The molecule has 0 bridgehead atoms. The number of hydrogen-bond acceptors (Lipinski definition) is 4. The predicted molar refractivity (Wildman–Crippen MR) is 125 cm³/mol. The molecule has 31 heavy (non-hydrogen) atoms. The van der Waals surface area contributed by atoms with E-state index in [0.29, 0.717) is 50.9 Å². The van der Waals surface area contributed by atoms with Crippen LogP contribution in [0.15, 0.2) is 41.8 Å². The lowest BCUT2D eigenvalue weighted by Crippen LogP contribution is -2.39. The van der Waals surface area contributed by atoms with E-state index in [4.69, 9.17) is 4.74 Å². The molecule has 0 spiro atoms. The van der Waals surface area contributed by atoms with E-state index < -0.39 is 10.0 Å². The standard InChI is InChI=1S/C24H38N2O4S/c1-6-15-30-18-21-11-13-25(14-12-21)24(27)22-7-9-23(10-8-22)31(28,29)26(16-19(2)3)17-20(4)5/h6-10,19-21H,1,11-18H2,2-5H3. The molecule has 0 radical (unpaired) electrons. The van der Waals surface area contributed by atoms with Crippen LogP contribution in [0, 0.1) is 17.8 Å². The van der Waals surface area contributed by atoms with Crippen LogP contribution in [0.2, 0.25) is 0 Å². The molecule has 6 nitrogen and oxygen atoms in total. The maximum Gasteiger partial charge on any atom is 0.253 e. The van der Waals surface area contributed by atoms with Crippen molar-refractivity contribution in [2.75, 3.05) is 39.4 Å². The van der Waals surface area contributed by atoms with Crippen molar-refractivity contribution >= 4 is 15.9 Å². The van der Waals surface area contributed by atoms with Crippen LogP contribution in [-0.4, -0.2) is 62.9 Å². The highest BCUT2D eigenvalue weighted by Gasteiger charge is 2.27. The molecule has 1 amide bonds. The molecule has 0 N–H and O–H groups in total. The van der Waals surface area contributed by atoms with Crippen LogP contribution in [0.5, 0.6) is 0 Å². The molecule has 2 rings (SSSR count). The maximum absolute atomic E-state index is 13.1. The van der Waals surface area contributed by atoms with Gasteiger partial charge in [-0.05, 0) is 54.9 Å². The molecule has 1 heterocycles. The summed E-state index contributed by atoms with van der Waals surface area (Å²) in [7, 11) is -3.59. The Balaban J connectivity index is 2.03. The number of likely N-dealkylation sites (tertiary alicyclic amines) is 1. The number of nitrogens with zero attached hydrogens (tertiary/aromatic N) is 2.